The number of benzene rings is 2. The van der Waals surface area contributed by atoms with Crippen molar-refractivity contribution in [2.75, 3.05) is 32.6 Å². The van der Waals surface area contributed by atoms with Crippen LogP contribution in [0.5, 0.6) is 5.75 Å². The maximum absolute atomic E-state index is 14.6. The first-order chi connectivity index (χ1) is 16.5. The molecule has 34 heavy (non-hydrogen) atoms. The molecular formula is C26H25FN6O. The van der Waals surface area contributed by atoms with E-state index < -0.39 is 0 Å². The van der Waals surface area contributed by atoms with Crippen LogP contribution in [0, 0.1) is 12.4 Å². The number of anilines is 1. The third-order valence-electron chi connectivity index (χ3n) is 6.04. The number of likely N-dealkylation sites (N-methyl/N-ethyl adjacent to an activating group) is 1. The Morgan fingerprint density at radius 2 is 2.15 bits per heavy atom. The maximum atomic E-state index is 14.6. The third kappa shape index (κ3) is 4.18. The number of fused-ring (bicyclic) bond motifs is 2. The van der Waals surface area contributed by atoms with Crippen LogP contribution in [-0.4, -0.2) is 46.5 Å². The molecule has 5 rings (SSSR count). The highest BCUT2D eigenvalue weighted by molar-refractivity contribution is 5.79. The molecule has 0 aliphatic carbocycles. The van der Waals surface area contributed by atoms with Gasteiger partial charge in [0.25, 0.3) is 5.82 Å². The first-order valence-corrected chi connectivity index (χ1v) is 11.2. The highest BCUT2D eigenvalue weighted by Gasteiger charge is 2.21. The number of aromatic nitrogens is 3. The van der Waals surface area contributed by atoms with Gasteiger partial charge in [0.05, 0.1) is 12.2 Å². The molecule has 1 N–H and O–H groups in total. The molecule has 4 aromatic rings. The van der Waals surface area contributed by atoms with Gasteiger partial charge in [0.2, 0.25) is 11.6 Å². The maximum Gasteiger partial charge on any atom is 0.288 e. The predicted molar refractivity (Wildman–Crippen MR) is 130 cm³/mol. The number of halogens is 1. The molecule has 2 aromatic heterocycles. The number of imidazole rings is 1. The standard InChI is InChI=1S/C26H25FN6O/c1-28-24-16-33-25(31-24)20(18-6-4-5-17(13-18)9-11-32(2)3)14-29-26(33)30-15-21-19-10-12-34-23(19)8-7-22(21)27/h4-8,13-14,16H,9-12,15H2,2-3H3,(H,29,30). The van der Waals surface area contributed by atoms with Gasteiger partial charge in [-0.1, -0.05) is 35.8 Å². The fourth-order valence-electron chi connectivity index (χ4n) is 4.27. The van der Waals surface area contributed by atoms with Crippen LogP contribution in [0.4, 0.5) is 16.2 Å². The molecule has 0 spiro atoms. The summed E-state index contributed by atoms with van der Waals surface area (Å²) >= 11 is 0. The van der Waals surface area contributed by atoms with E-state index in [0.29, 0.717) is 30.2 Å². The summed E-state index contributed by atoms with van der Waals surface area (Å²) in [6, 6.07) is 11.4. The van der Waals surface area contributed by atoms with Crippen LogP contribution >= 0.6 is 0 Å². The summed E-state index contributed by atoms with van der Waals surface area (Å²) in [4.78, 5) is 14.8. The van der Waals surface area contributed by atoms with Crippen molar-refractivity contribution < 1.29 is 9.13 Å². The molecule has 0 fully saturated rings. The molecule has 8 heteroatoms. The van der Waals surface area contributed by atoms with Gasteiger partial charge in [-0.15, -0.1) is 0 Å². The summed E-state index contributed by atoms with van der Waals surface area (Å²) in [6.45, 7) is 9.21. The van der Waals surface area contributed by atoms with Crippen LogP contribution < -0.4 is 10.1 Å². The minimum atomic E-state index is -0.272. The minimum Gasteiger partial charge on any atom is -0.493 e. The van der Waals surface area contributed by atoms with Crippen molar-refractivity contribution in [3.8, 4) is 16.9 Å². The van der Waals surface area contributed by atoms with E-state index in [9.17, 15) is 4.39 Å². The largest absolute Gasteiger partial charge is 0.493 e. The number of ether oxygens (including phenoxy) is 1. The molecule has 0 unspecified atom stereocenters. The second-order valence-corrected chi connectivity index (χ2v) is 8.61. The highest BCUT2D eigenvalue weighted by atomic mass is 19.1. The Balaban J connectivity index is 1.49. The topological polar surface area (TPSA) is 59.1 Å². The average molecular weight is 457 g/mol. The molecule has 0 saturated carbocycles. The van der Waals surface area contributed by atoms with Crippen molar-refractivity contribution in [3.05, 3.63) is 82.7 Å². The van der Waals surface area contributed by atoms with Crippen LogP contribution in [-0.2, 0) is 19.4 Å². The number of nitrogens with zero attached hydrogens (tertiary/aromatic N) is 5. The zero-order chi connectivity index (χ0) is 23.7. The molecule has 0 atom stereocenters. The number of nitrogens with one attached hydrogen (secondary N) is 1. The lowest BCUT2D eigenvalue weighted by Crippen LogP contribution is -2.15. The summed E-state index contributed by atoms with van der Waals surface area (Å²) in [7, 11) is 4.12. The minimum absolute atomic E-state index is 0.255. The summed E-state index contributed by atoms with van der Waals surface area (Å²) in [6.07, 6.45) is 5.04. The van der Waals surface area contributed by atoms with Gasteiger partial charge >= 0.3 is 0 Å². The van der Waals surface area contributed by atoms with Crippen LogP contribution in [0.15, 0.2) is 48.8 Å². The van der Waals surface area contributed by atoms with E-state index in [0.717, 1.165) is 35.4 Å². The molecule has 0 bridgehead atoms. The van der Waals surface area contributed by atoms with Gasteiger partial charge in [0.1, 0.15) is 11.6 Å². The molecule has 0 amide bonds. The van der Waals surface area contributed by atoms with Crippen LogP contribution in [0.25, 0.3) is 21.6 Å². The predicted octanol–water partition coefficient (Wildman–Crippen LogP) is 4.74. The second-order valence-electron chi connectivity index (χ2n) is 8.61. The lowest BCUT2D eigenvalue weighted by molar-refractivity contribution is 0.356. The normalized spacial score (nSPS) is 12.6. The molecule has 1 aliphatic heterocycles. The molecule has 7 nitrogen and oxygen atoms in total. The van der Waals surface area contributed by atoms with Gasteiger partial charge in [0.15, 0.2) is 0 Å². The first kappa shape index (κ1) is 21.9. The summed E-state index contributed by atoms with van der Waals surface area (Å²) < 4.78 is 21.9. The van der Waals surface area contributed by atoms with Gasteiger partial charge in [-0.25, -0.2) is 9.37 Å². The number of hydrogen-bond donors (Lipinski definition) is 1. The summed E-state index contributed by atoms with van der Waals surface area (Å²) in [5.74, 6) is 1.24. The molecule has 3 heterocycles. The van der Waals surface area contributed by atoms with Crippen molar-refractivity contribution in [1.82, 2.24) is 19.3 Å². The van der Waals surface area contributed by atoms with Gasteiger partial charge in [-0.2, -0.15) is 0 Å². The van der Waals surface area contributed by atoms with E-state index in [1.54, 1.807) is 22.9 Å². The lowest BCUT2D eigenvalue weighted by atomic mass is 10.0. The smallest absolute Gasteiger partial charge is 0.288 e. The van der Waals surface area contributed by atoms with Gasteiger partial charge in [0, 0.05) is 43.0 Å². The Morgan fingerprint density at radius 1 is 1.26 bits per heavy atom. The van der Waals surface area contributed by atoms with E-state index >= 15 is 0 Å². The van der Waals surface area contributed by atoms with Gasteiger partial charge in [-0.3, -0.25) is 4.40 Å². The van der Waals surface area contributed by atoms with Crippen LogP contribution in [0.1, 0.15) is 16.7 Å². The zero-order valence-electron chi connectivity index (χ0n) is 19.2. The van der Waals surface area contributed by atoms with Crippen molar-refractivity contribution in [2.45, 2.75) is 19.4 Å². The van der Waals surface area contributed by atoms with E-state index in [2.05, 4.69) is 51.3 Å². The third-order valence-corrected chi connectivity index (χ3v) is 6.04. The van der Waals surface area contributed by atoms with Crippen LogP contribution in [0.3, 0.4) is 0 Å². The Morgan fingerprint density at radius 3 is 2.97 bits per heavy atom. The van der Waals surface area contributed by atoms with E-state index in [-0.39, 0.29) is 18.2 Å². The Hall–Kier alpha value is -3.96. The Labute approximate surface area is 197 Å². The summed E-state index contributed by atoms with van der Waals surface area (Å²) in [5, 5.41) is 3.24. The van der Waals surface area contributed by atoms with E-state index in [4.69, 9.17) is 11.3 Å². The monoisotopic (exact) mass is 456 g/mol. The lowest BCUT2D eigenvalue weighted by Gasteiger charge is -2.13. The fourth-order valence-corrected chi connectivity index (χ4v) is 4.27. The van der Waals surface area contributed by atoms with Crippen LogP contribution in [0.2, 0.25) is 0 Å². The van der Waals surface area contributed by atoms with E-state index in [1.165, 1.54) is 11.6 Å². The van der Waals surface area contributed by atoms with Crippen molar-refractivity contribution >= 4 is 17.4 Å². The van der Waals surface area contributed by atoms with Gasteiger partial charge < -0.3 is 19.8 Å². The SMILES string of the molecule is [C-]#[N+]c1cn2c(NCc3c(F)ccc4c3CCO4)ncc(-c3cccc(CCN(C)C)c3)c2n1. The second kappa shape index (κ2) is 9.12. The molecule has 172 valence electrons. The van der Waals surface area contributed by atoms with Crippen molar-refractivity contribution in [3.63, 3.8) is 0 Å². The highest BCUT2D eigenvalue weighted by Crippen LogP contribution is 2.32. The average Bonchev–Trinajstić information content (AvgIpc) is 3.49. The molecular weight excluding hydrogens is 431 g/mol. The summed E-state index contributed by atoms with van der Waals surface area (Å²) in [5.41, 5.74) is 5.16. The Bertz CT molecular complexity index is 1400. The molecule has 2 aromatic carbocycles. The number of hydrogen-bond acceptors (Lipinski definition) is 5. The van der Waals surface area contributed by atoms with Crippen molar-refractivity contribution in [2.24, 2.45) is 0 Å². The van der Waals surface area contributed by atoms with Gasteiger partial charge in [-0.05, 0) is 43.8 Å². The molecule has 0 saturated heterocycles. The fraction of sp³-hybridized carbons (Fsp3) is 0.269. The van der Waals surface area contributed by atoms with E-state index in [1.807, 2.05) is 12.1 Å². The quantitative estimate of drug-likeness (QED) is 0.407. The molecule has 1 aliphatic rings. The zero-order valence-corrected chi connectivity index (χ0v) is 19.2. The first-order valence-electron chi connectivity index (χ1n) is 11.2. The molecule has 0 radical (unpaired) electrons. The Kier molecular flexibility index (Phi) is 5.86. The van der Waals surface area contributed by atoms with Crippen molar-refractivity contribution in [1.29, 1.82) is 0 Å². The number of rotatable bonds is 7.